The Morgan fingerprint density at radius 1 is 0.784 bits per heavy atom. The Balaban J connectivity index is 0.00000448. The Labute approximate surface area is 317 Å². The molecule has 262 valence electrons. The van der Waals surface area contributed by atoms with Crippen LogP contribution in [0.2, 0.25) is 0 Å². The van der Waals surface area contributed by atoms with Gasteiger partial charge in [-0.15, -0.1) is 41.3 Å². The zero-order valence-corrected chi connectivity index (χ0v) is 33.0. The van der Waals surface area contributed by atoms with E-state index in [-0.39, 0.29) is 27.0 Å². The van der Waals surface area contributed by atoms with Crippen LogP contribution in [-0.2, 0) is 40.3 Å². The molecule has 6 heteroatoms. The first-order valence-corrected chi connectivity index (χ1v) is 18.1. The minimum absolute atomic E-state index is 0. The third-order valence-electron chi connectivity index (χ3n) is 9.92. The number of pyridine rings is 1. The van der Waals surface area contributed by atoms with E-state index in [4.69, 9.17) is 14.8 Å². The molecular weight excluding hydrogens is 808 g/mol. The van der Waals surface area contributed by atoms with Crippen molar-refractivity contribution >= 4 is 21.8 Å². The van der Waals surface area contributed by atoms with Gasteiger partial charge < -0.3 is 9.30 Å². The van der Waals surface area contributed by atoms with Gasteiger partial charge in [-0.05, 0) is 97.0 Å². The summed E-state index contributed by atoms with van der Waals surface area (Å²) in [4.78, 5) is 4.83. The number of ether oxygens (including phenoxy) is 1. The first-order valence-electron chi connectivity index (χ1n) is 18.1. The monoisotopic (exact) mass is 853 g/mol. The van der Waals surface area contributed by atoms with Crippen molar-refractivity contribution in [2.45, 2.75) is 86.5 Å². The molecule has 0 amide bonds. The maximum Gasteiger partial charge on any atom is 2.00 e. The van der Waals surface area contributed by atoms with Crippen LogP contribution in [0, 0.1) is 26.0 Å². The largest absolute Gasteiger partial charge is 2.00 e. The van der Waals surface area contributed by atoms with Crippen molar-refractivity contribution in [2.24, 2.45) is 0 Å². The van der Waals surface area contributed by atoms with E-state index in [1.54, 1.807) is 0 Å². The number of fused-ring (bicyclic) bond motifs is 3. The average Bonchev–Trinajstić information content (AvgIpc) is 3.62. The number of unbranched alkanes of at least 4 members (excludes halogenated alkanes) is 1. The quantitative estimate of drug-likeness (QED) is 0.122. The summed E-state index contributed by atoms with van der Waals surface area (Å²) in [5.41, 5.74) is 12.7. The topological polar surface area (TPSA) is 44.9 Å². The fourth-order valence-corrected chi connectivity index (χ4v) is 7.26. The maximum absolute atomic E-state index is 6.65. The molecule has 4 aromatic carbocycles. The molecule has 0 radical (unpaired) electrons. The van der Waals surface area contributed by atoms with Crippen LogP contribution in [0.1, 0.15) is 87.0 Å². The van der Waals surface area contributed by atoms with Gasteiger partial charge in [-0.3, -0.25) is 4.68 Å². The zero-order chi connectivity index (χ0) is 34.9. The summed E-state index contributed by atoms with van der Waals surface area (Å²) in [5.74, 6) is 2.45. The molecule has 5 nitrogen and oxygen atoms in total. The van der Waals surface area contributed by atoms with Gasteiger partial charge in [0.05, 0.1) is 5.69 Å². The zero-order valence-electron chi connectivity index (χ0n) is 30.7. The Morgan fingerprint density at radius 2 is 1.55 bits per heavy atom. The number of aryl methyl sites for hydroxylation is 4. The van der Waals surface area contributed by atoms with E-state index in [1.807, 2.05) is 16.9 Å². The molecule has 0 bridgehead atoms. The molecule has 7 aromatic rings. The van der Waals surface area contributed by atoms with Crippen LogP contribution >= 0.6 is 0 Å². The smallest absolute Gasteiger partial charge is 0.509 e. The second kappa shape index (κ2) is 15.4. The summed E-state index contributed by atoms with van der Waals surface area (Å²) in [6.07, 6.45) is 7.21. The van der Waals surface area contributed by atoms with Gasteiger partial charge in [0.1, 0.15) is 5.82 Å². The standard InChI is InChI=1S/C45H46N4O.Pt/c1-8-11-15-32-22-23-46-43(24-32)48-41-19-13-12-18-39(41)40-21-20-37(28-42(40)48)50-38-26-35(29(4)5)25-36(27-38)49-31(7)44(30(6)47-49)45-33(9-2)16-14-17-34(45)10-3;/h12-14,16-26,29H,8-11,15H2,1-7H3;/q-2;+2. The average molecular weight is 854 g/mol. The van der Waals surface area contributed by atoms with Crippen LogP contribution < -0.4 is 4.74 Å². The van der Waals surface area contributed by atoms with Gasteiger partial charge in [0.25, 0.3) is 0 Å². The van der Waals surface area contributed by atoms with E-state index >= 15 is 0 Å². The van der Waals surface area contributed by atoms with Crippen LogP contribution in [0.4, 0.5) is 0 Å². The molecule has 0 N–H and O–H groups in total. The second-order valence-electron chi connectivity index (χ2n) is 13.6. The number of aromatic nitrogens is 4. The van der Waals surface area contributed by atoms with Crippen molar-refractivity contribution in [3.63, 3.8) is 0 Å². The molecule has 51 heavy (non-hydrogen) atoms. The third-order valence-corrected chi connectivity index (χ3v) is 9.92. The number of nitrogens with zero attached hydrogens (tertiary/aromatic N) is 4. The van der Waals surface area contributed by atoms with Crippen molar-refractivity contribution in [1.82, 2.24) is 19.3 Å². The normalized spacial score (nSPS) is 11.5. The molecule has 3 heterocycles. The molecule has 0 unspecified atom stereocenters. The summed E-state index contributed by atoms with van der Waals surface area (Å²) >= 11 is 0. The van der Waals surface area contributed by atoms with Gasteiger partial charge in [0.15, 0.2) is 0 Å². The third kappa shape index (κ3) is 6.94. The van der Waals surface area contributed by atoms with Gasteiger partial charge in [-0.25, -0.2) is 4.98 Å². The van der Waals surface area contributed by atoms with E-state index < -0.39 is 0 Å². The summed E-state index contributed by atoms with van der Waals surface area (Å²) in [6.45, 7) is 15.4. The summed E-state index contributed by atoms with van der Waals surface area (Å²) in [5, 5.41) is 7.38. The predicted molar refractivity (Wildman–Crippen MR) is 206 cm³/mol. The van der Waals surface area contributed by atoms with E-state index in [0.717, 1.165) is 82.4 Å². The fourth-order valence-electron chi connectivity index (χ4n) is 7.26. The molecule has 3 aromatic heterocycles. The van der Waals surface area contributed by atoms with Crippen molar-refractivity contribution < 1.29 is 25.8 Å². The summed E-state index contributed by atoms with van der Waals surface area (Å²) in [7, 11) is 0. The number of rotatable bonds is 11. The van der Waals surface area contributed by atoms with Crippen LogP contribution in [0.5, 0.6) is 11.5 Å². The minimum atomic E-state index is 0. The molecule has 7 rings (SSSR count). The van der Waals surface area contributed by atoms with Gasteiger partial charge in [-0.1, -0.05) is 83.0 Å². The Kier molecular flexibility index (Phi) is 11.0. The molecule has 0 spiro atoms. The maximum atomic E-state index is 6.65. The van der Waals surface area contributed by atoms with E-state index in [2.05, 4.69) is 138 Å². The molecule has 0 atom stereocenters. The van der Waals surface area contributed by atoms with Crippen molar-refractivity contribution in [3.8, 4) is 34.1 Å². The molecule has 0 saturated carbocycles. The predicted octanol–water partition coefficient (Wildman–Crippen LogP) is 11.6. The molecule has 0 saturated heterocycles. The van der Waals surface area contributed by atoms with Crippen molar-refractivity contribution in [3.05, 3.63) is 131 Å². The van der Waals surface area contributed by atoms with Crippen LogP contribution in [0.15, 0.2) is 85.1 Å². The molecule has 0 aliphatic heterocycles. The van der Waals surface area contributed by atoms with Gasteiger partial charge in [-0.2, -0.15) is 11.2 Å². The summed E-state index contributed by atoms with van der Waals surface area (Å²) in [6, 6.07) is 35.1. The van der Waals surface area contributed by atoms with E-state index in [1.165, 1.54) is 27.8 Å². The van der Waals surface area contributed by atoms with E-state index in [0.29, 0.717) is 11.5 Å². The Hall–Kier alpha value is -4.47. The molecular formula is C45H46N4OPt. The fraction of sp³-hybridized carbons (Fsp3) is 0.289. The first kappa shape index (κ1) is 36.3. The van der Waals surface area contributed by atoms with Crippen LogP contribution in [0.3, 0.4) is 0 Å². The molecule has 0 aliphatic carbocycles. The number of hydrogen-bond acceptors (Lipinski definition) is 3. The van der Waals surface area contributed by atoms with Crippen LogP contribution in [0.25, 0.3) is 44.4 Å². The van der Waals surface area contributed by atoms with Crippen molar-refractivity contribution in [1.29, 1.82) is 0 Å². The van der Waals surface area contributed by atoms with Crippen LogP contribution in [-0.4, -0.2) is 19.3 Å². The Morgan fingerprint density at radius 3 is 2.27 bits per heavy atom. The SMILES string of the molecule is CCCCc1ccnc(-n2c3[c-]c(Oc4[c-]c(-n5nc(C)c(-c6c(CC)cccc6CC)c5C)cc(C(C)C)c4)ccc3c3ccccc32)c1.[Pt+2]. The molecule has 0 aliphatic rings. The van der Waals surface area contributed by atoms with Gasteiger partial charge in [0, 0.05) is 34.5 Å². The summed E-state index contributed by atoms with van der Waals surface area (Å²) < 4.78 is 10.9. The van der Waals surface area contributed by atoms with Gasteiger partial charge >= 0.3 is 21.1 Å². The first-order chi connectivity index (χ1) is 24.3. The molecule has 0 fully saturated rings. The number of hydrogen-bond donors (Lipinski definition) is 0. The Bertz CT molecular complexity index is 2310. The van der Waals surface area contributed by atoms with E-state index in [9.17, 15) is 0 Å². The van der Waals surface area contributed by atoms with Gasteiger partial charge in [0.2, 0.25) is 0 Å². The second-order valence-corrected chi connectivity index (χ2v) is 13.6. The minimum Gasteiger partial charge on any atom is -0.509 e. The van der Waals surface area contributed by atoms with Crippen molar-refractivity contribution in [2.75, 3.05) is 0 Å². The number of para-hydroxylation sites is 1. The number of benzene rings is 4.